The Bertz CT molecular complexity index is 962. The lowest BCUT2D eigenvalue weighted by Crippen LogP contribution is -2.60. The predicted octanol–water partition coefficient (Wildman–Crippen LogP) is 2.48. The molecule has 1 unspecified atom stereocenters. The maximum absolute atomic E-state index is 12.3. The third-order valence-corrected chi connectivity index (χ3v) is 6.16. The lowest BCUT2D eigenvalue weighted by atomic mass is 9.77. The highest BCUT2D eigenvalue weighted by Gasteiger charge is 2.48. The molecule has 1 saturated heterocycles. The molecule has 1 atom stereocenters. The molecule has 3 N–H and O–H groups in total. The Labute approximate surface area is 168 Å². The quantitative estimate of drug-likeness (QED) is 0.772. The Morgan fingerprint density at radius 2 is 2.04 bits per heavy atom. The van der Waals surface area contributed by atoms with E-state index in [9.17, 15) is 9.59 Å². The van der Waals surface area contributed by atoms with Gasteiger partial charge in [-0.05, 0) is 31.6 Å². The lowest BCUT2D eigenvalue weighted by Gasteiger charge is -2.50. The molecule has 1 aromatic heterocycles. The van der Waals surface area contributed by atoms with Crippen LogP contribution in [0.2, 0.25) is 5.02 Å². The van der Waals surface area contributed by atoms with Crippen LogP contribution in [0, 0.1) is 5.92 Å². The van der Waals surface area contributed by atoms with Gasteiger partial charge in [0.25, 0.3) is 5.91 Å². The highest BCUT2D eigenvalue weighted by molar-refractivity contribution is 6.30. The molecule has 28 heavy (non-hydrogen) atoms. The van der Waals surface area contributed by atoms with E-state index in [1.54, 1.807) is 17.0 Å². The van der Waals surface area contributed by atoms with Gasteiger partial charge < -0.3 is 16.0 Å². The maximum atomic E-state index is 12.3. The van der Waals surface area contributed by atoms with Gasteiger partial charge in [0, 0.05) is 36.1 Å². The van der Waals surface area contributed by atoms with Gasteiger partial charge in [-0.3, -0.25) is 9.59 Å². The minimum atomic E-state index is -0.528. The number of aromatic nitrogens is 2. The standard InChI is InChI=1S/C20H22ClN5O2/c1-3-15(27)25-10-13(11-25)20(2)8-9-23-19-16(18(22)28)17(24-26(19)20)12-4-6-14(21)7-5-12/h3-7,13,23H,1,8-11H2,2H3,(H2,22,28). The van der Waals surface area contributed by atoms with Crippen molar-refractivity contribution in [2.24, 2.45) is 11.7 Å². The molecule has 2 aliphatic heterocycles. The van der Waals surface area contributed by atoms with E-state index in [-0.39, 0.29) is 17.4 Å². The number of anilines is 1. The van der Waals surface area contributed by atoms with Gasteiger partial charge in [-0.2, -0.15) is 5.10 Å². The van der Waals surface area contributed by atoms with Gasteiger partial charge in [-0.25, -0.2) is 4.68 Å². The van der Waals surface area contributed by atoms with Crippen LogP contribution < -0.4 is 11.1 Å². The molecule has 146 valence electrons. The Hall–Kier alpha value is -2.80. The number of hydrogen-bond acceptors (Lipinski definition) is 4. The van der Waals surface area contributed by atoms with Crippen LogP contribution in [0.25, 0.3) is 11.3 Å². The summed E-state index contributed by atoms with van der Waals surface area (Å²) in [5.41, 5.74) is 7.09. The third-order valence-electron chi connectivity index (χ3n) is 5.90. The Balaban J connectivity index is 1.76. The van der Waals surface area contributed by atoms with Gasteiger partial charge >= 0.3 is 0 Å². The van der Waals surface area contributed by atoms with Crippen LogP contribution in [-0.2, 0) is 10.3 Å². The van der Waals surface area contributed by atoms with Crippen molar-refractivity contribution >= 4 is 29.2 Å². The van der Waals surface area contributed by atoms with Gasteiger partial charge in [-0.15, -0.1) is 0 Å². The molecular formula is C20H22ClN5O2. The summed E-state index contributed by atoms with van der Waals surface area (Å²) in [4.78, 5) is 25.9. The Kier molecular flexibility index (Phi) is 4.42. The topological polar surface area (TPSA) is 93.2 Å². The largest absolute Gasteiger partial charge is 0.369 e. The molecule has 2 aliphatic rings. The van der Waals surface area contributed by atoms with E-state index in [1.807, 2.05) is 16.8 Å². The normalized spacial score (nSPS) is 21.4. The number of nitrogens with zero attached hydrogens (tertiary/aromatic N) is 3. The van der Waals surface area contributed by atoms with Crippen LogP contribution in [0.5, 0.6) is 0 Å². The third kappa shape index (κ3) is 2.77. The second kappa shape index (κ2) is 6.67. The summed E-state index contributed by atoms with van der Waals surface area (Å²) in [6, 6.07) is 7.18. The molecule has 1 fully saturated rings. The second-order valence-corrected chi connectivity index (χ2v) is 7.97. The van der Waals surface area contributed by atoms with Crippen molar-refractivity contribution in [2.45, 2.75) is 18.9 Å². The molecule has 4 rings (SSSR count). The van der Waals surface area contributed by atoms with E-state index in [0.717, 1.165) is 12.0 Å². The van der Waals surface area contributed by atoms with Gasteiger partial charge in [0.1, 0.15) is 17.1 Å². The molecule has 0 radical (unpaired) electrons. The zero-order chi connectivity index (χ0) is 20.1. The smallest absolute Gasteiger partial charge is 0.254 e. The van der Waals surface area contributed by atoms with Crippen molar-refractivity contribution in [1.82, 2.24) is 14.7 Å². The minimum absolute atomic E-state index is 0.0610. The van der Waals surface area contributed by atoms with Gasteiger partial charge in [0.2, 0.25) is 5.91 Å². The summed E-state index contributed by atoms with van der Waals surface area (Å²) in [7, 11) is 0. The molecule has 0 spiro atoms. The number of hydrogen-bond donors (Lipinski definition) is 2. The number of nitrogens with one attached hydrogen (secondary N) is 1. The number of carbonyl (C=O) groups excluding carboxylic acids is 2. The SMILES string of the molecule is C=CC(=O)N1CC(C2(C)CCNc3c(C(N)=O)c(-c4ccc(Cl)cc4)nn32)C1. The number of carbonyl (C=O) groups is 2. The highest BCUT2D eigenvalue weighted by Crippen LogP contribution is 2.43. The zero-order valence-corrected chi connectivity index (χ0v) is 16.4. The highest BCUT2D eigenvalue weighted by atomic mass is 35.5. The van der Waals surface area contributed by atoms with Crippen molar-refractivity contribution in [3.8, 4) is 11.3 Å². The van der Waals surface area contributed by atoms with Crippen molar-refractivity contribution in [1.29, 1.82) is 0 Å². The number of amides is 2. The number of likely N-dealkylation sites (tertiary alicyclic amines) is 1. The molecule has 8 heteroatoms. The summed E-state index contributed by atoms with van der Waals surface area (Å²) >= 11 is 6.00. The van der Waals surface area contributed by atoms with Crippen molar-refractivity contribution in [3.63, 3.8) is 0 Å². The van der Waals surface area contributed by atoms with E-state index in [1.165, 1.54) is 6.08 Å². The molecule has 0 bridgehead atoms. The van der Waals surface area contributed by atoms with Gasteiger partial charge in [0.15, 0.2) is 0 Å². The van der Waals surface area contributed by atoms with E-state index in [0.29, 0.717) is 41.7 Å². The van der Waals surface area contributed by atoms with E-state index >= 15 is 0 Å². The van der Waals surface area contributed by atoms with E-state index < -0.39 is 5.91 Å². The van der Waals surface area contributed by atoms with Crippen LogP contribution in [0.15, 0.2) is 36.9 Å². The van der Waals surface area contributed by atoms with Crippen molar-refractivity contribution < 1.29 is 9.59 Å². The van der Waals surface area contributed by atoms with Crippen LogP contribution in [0.1, 0.15) is 23.7 Å². The first-order chi connectivity index (χ1) is 13.3. The van der Waals surface area contributed by atoms with Gasteiger partial charge in [0.05, 0.1) is 5.54 Å². The fraction of sp³-hybridized carbons (Fsp3) is 0.350. The molecular weight excluding hydrogens is 378 g/mol. The number of nitrogens with two attached hydrogens (primary N) is 1. The molecule has 0 saturated carbocycles. The predicted molar refractivity (Wildman–Crippen MR) is 108 cm³/mol. The molecule has 2 aromatic rings. The molecule has 3 heterocycles. The average molecular weight is 400 g/mol. The first-order valence-corrected chi connectivity index (χ1v) is 9.57. The van der Waals surface area contributed by atoms with Crippen LogP contribution in [0.3, 0.4) is 0 Å². The maximum Gasteiger partial charge on any atom is 0.254 e. The summed E-state index contributed by atoms with van der Waals surface area (Å²) < 4.78 is 1.89. The first-order valence-electron chi connectivity index (χ1n) is 9.19. The summed E-state index contributed by atoms with van der Waals surface area (Å²) in [5, 5.41) is 8.71. The summed E-state index contributed by atoms with van der Waals surface area (Å²) in [6.45, 7) is 7.66. The fourth-order valence-corrected chi connectivity index (χ4v) is 4.22. The van der Waals surface area contributed by atoms with Crippen LogP contribution >= 0.6 is 11.6 Å². The molecule has 2 amide bonds. The second-order valence-electron chi connectivity index (χ2n) is 7.53. The fourth-order valence-electron chi connectivity index (χ4n) is 4.09. The number of halogens is 1. The molecule has 1 aromatic carbocycles. The number of benzene rings is 1. The van der Waals surface area contributed by atoms with Gasteiger partial charge in [-0.1, -0.05) is 30.3 Å². The van der Waals surface area contributed by atoms with Crippen molar-refractivity contribution in [3.05, 3.63) is 47.5 Å². The summed E-state index contributed by atoms with van der Waals surface area (Å²) in [5.74, 6) is 0.282. The number of fused-ring (bicyclic) bond motifs is 1. The lowest BCUT2D eigenvalue weighted by molar-refractivity contribution is -0.135. The summed E-state index contributed by atoms with van der Waals surface area (Å²) in [6.07, 6.45) is 2.17. The first kappa shape index (κ1) is 18.6. The Morgan fingerprint density at radius 3 is 2.64 bits per heavy atom. The number of rotatable bonds is 4. The average Bonchev–Trinajstić information content (AvgIpc) is 3.02. The van der Waals surface area contributed by atoms with Crippen LogP contribution in [0.4, 0.5) is 5.82 Å². The monoisotopic (exact) mass is 399 g/mol. The van der Waals surface area contributed by atoms with E-state index in [4.69, 9.17) is 22.4 Å². The number of primary amides is 1. The zero-order valence-electron chi connectivity index (χ0n) is 15.6. The molecule has 7 nitrogen and oxygen atoms in total. The molecule has 0 aliphatic carbocycles. The Morgan fingerprint density at radius 1 is 1.36 bits per heavy atom. The van der Waals surface area contributed by atoms with Crippen LogP contribution in [-0.4, -0.2) is 46.1 Å². The van der Waals surface area contributed by atoms with Crippen molar-refractivity contribution in [2.75, 3.05) is 25.0 Å². The minimum Gasteiger partial charge on any atom is -0.369 e. The van der Waals surface area contributed by atoms with E-state index in [2.05, 4.69) is 18.8 Å².